The molecule has 0 radical (unpaired) electrons. The van der Waals surface area contributed by atoms with Crippen LogP contribution in [0.1, 0.15) is 42.9 Å². The molecule has 142 valence electrons. The van der Waals surface area contributed by atoms with Crippen LogP contribution in [0.2, 0.25) is 0 Å². The number of amides is 1. The van der Waals surface area contributed by atoms with E-state index in [0.717, 1.165) is 36.3 Å². The minimum Gasteiger partial charge on any atom is -0.490 e. The number of para-hydroxylation sites is 1. The molecule has 2 aliphatic rings. The van der Waals surface area contributed by atoms with Crippen LogP contribution in [0.25, 0.3) is 0 Å². The topological polar surface area (TPSA) is 41.6 Å². The molecule has 4 nitrogen and oxygen atoms in total. The Hall–Kier alpha value is -2.40. The molecule has 1 aliphatic heterocycles. The first kappa shape index (κ1) is 18.0. The van der Waals surface area contributed by atoms with Gasteiger partial charge in [-0.2, -0.15) is 0 Å². The molecule has 2 aromatic carbocycles. The Morgan fingerprint density at radius 3 is 2.59 bits per heavy atom. The summed E-state index contributed by atoms with van der Waals surface area (Å²) in [6.45, 7) is 1.98. The lowest BCUT2D eigenvalue weighted by Gasteiger charge is -2.35. The van der Waals surface area contributed by atoms with Crippen LogP contribution < -0.4 is 10.1 Å². The first-order chi connectivity index (χ1) is 13.2. The number of carbonyl (C=O) groups excluding carboxylic acids is 1. The average molecular weight is 368 g/mol. The molecule has 1 heterocycles. The molecule has 0 unspecified atom stereocenters. The quantitative estimate of drug-likeness (QED) is 0.872. The van der Waals surface area contributed by atoms with E-state index in [0.29, 0.717) is 19.2 Å². The molecular formula is C22H25FN2O2. The van der Waals surface area contributed by atoms with Gasteiger partial charge in [0.05, 0.1) is 6.10 Å². The van der Waals surface area contributed by atoms with Gasteiger partial charge >= 0.3 is 0 Å². The first-order valence-electron chi connectivity index (χ1n) is 9.72. The van der Waals surface area contributed by atoms with Gasteiger partial charge in [0.15, 0.2) is 0 Å². The number of piperazine rings is 1. The molecule has 27 heavy (non-hydrogen) atoms. The Balaban J connectivity index is 1.56. The predicted octanol–water partition coefficient (Wildman–Crippen LogP) is 3.82. The van der Waals surface area contributed by atoms with E-state index < -0.39 is 6.04 Å². The fourth-order valence-electron chi connectivity index (χ4n) is 4.05. The highest BCUT2D eigenvalue weighted by Crippen LogP contribution is 2.30. The van der Waals surface area contributed by atoms with Gasteiger partial charge in [-0.25, -0.2) is 4.39 Å². The molecule has 1 amide bonds. The Morgan fingerprint density at radius 1 is 1.07 bits per heavy atom. The summed E-state index contributed by atoms with van der Waals surface area (Å²) in [5, 5.41) is 2.93. The normalized spacial score (nSPS) is 21.2. The fraction of sp³-hybridized carbons (Fsp3) is 0.409. The Labute approximate surface area is 159 Å². The van der Waals surface area contributed by atoms with Crippen LogP contribution in [0, 0.1) is 5.82 Å². The van der Waals surface area contributed by atoms with Crippen LogP contribution in [-0.4, -0.2) is 30.0 Å². The van der Waals surface area contributed by atoms with Crippen LogP contribution >= 0.6 is 0 Å². The number of nitrogens with one attached hydrogen (secondary N) is 1. The van der Waals surface area contributed by atoms with Crippen molar-refractivity contribution in [2.75, 3.05) is 13.1 Å². The first-order valence-corrected chi connectivity index (χ1v) is 9.72. The zero-order chi connectivity index (χ0) is 18.6. The smallest absolute Gasteiger partial charge is 0.242 e. The number of carbonyl (C=O) groups is 1. The lowest BCUT2D eigenvalue weighted by atomic mass is 10.0. The summed E-state index contributed by atoms with van der Waals surface area (Å²) in [5.74, 6) is 0.576. The van der Waals surface area contributed by atoms with Gasteiger partial charge < -0.3 is 10.1 Å². The molecule has 4 rings (SSSR count). The summed E-state index contributed by atoms with van der Waals surface area (Å²) in [6, 6.07) is 13.9. The average Bonchev–Trinajstić information content (AvgIpc) is 3.18. The second kappa shape index (κ2) is 8.09. The number of halogens is 1. The second-order valence-corrected chi connectivity index (χ2v) is 7.35. The maximum atomic E-state index is 13.3. The fourth-order valence-corrected chi connectivity index (χ4v) is 4.05. The zero-order valence-electron chi connectivity index (χ0n) is 15.4. The van der Waals surface area contributed by atoms with Crippen molar-refractivity contribution in [3.05, 3.63) is 65.5 Å². The van der Waals surface area contributed by atoms with Crippen molar-refractivity contribution in [3.8, 4) is 5.75 Å². The van der Waals surface area contributed by atoms with Gasteiger partial charge in [0.1, 0.15) is 17.6 Å². The molecule has 2 aromatic rings. The molecule has 1 aliphatic carbocycles. The molecule has 1 atom stereocenters. The third-order valence-electron chi connectivity index (χ3n) is 5.44. The number of ether oxygens (including phenoxy) is 1. The van der Waals surface area contributed by atoms with E-state index in [9.17, 15) is 9.18 Å². The highest BCUT2D eigenvalue weighted by atomic mass is 19.1. The van der Waals surface area contributed by atoms with Gasteiger partial charge in [-0.15, -0.1) is 0 Å². The third-order valence-corrected chi connectivity index (χ3v) is 5.44. The van der Waals surface area contributed by atoms with Crippen molar-refractivity contribution < 1.29 is 13.9 Å². The molecule has 1 saturated heterocycles. The SMILES string of the molecule is O=C1NCCN(Cc2ccccc2OC2CCCC2)[C@H]1c1ccc(F)cc1. The minimum absolute atomic E-state index is 0.0398. The summed E-state index contributed by atoms with van der Waals surface area (Å²) in [7, 11) is 0. The molecule has 0 aromatic heterocycles. The van der Waals surface area contributed by atoms with Crippen molar-refractivity contribution >= 4 is 5.91 Å². The number of hydrogen-bond acceptors (Lipinski definition) is 3. The van der Waals surface area contributed by atoms with Crippen LogP contribution in [0.15, 0.2) is 48.5 Å². The Bertz CT molecular complexity index is 787. The van der Waals surface area contributed by atoms with E-state index in [1.54, 1.807) is 12.1 Å². The van der Waals surface area contributed by atoms with Crippen LogP contribution in [0.4, 0.5) is 4.39 Å². The van der Waals surface area contributed by atoms with Crippen molar-refractivity contribution in [1.29, 1.82) is 0 Å². The lowest BCUT2D eigenvalue weighted by Crippen LogP contribution is -2.49. The second-order valence-electron chi connectivity index (χ2n) is 7.35. The van der Waals surface area contributed by atoms with E-state index in [-0.39, 0.29) is 11.7 Å². The number of benzene rings is 2. The summed E-state index contributed by atoms with van der Waals surface area (Å²) in [4.78, 5) is 14.7. The molecule has 0 spiro atoms. The van der Waals surface area contributed by atoms with E-state index in [1.807, 2.05) is 18.2 Å². The molecule has 0 bridgehead atoms. The number of hydrogen-bond donors (Lipinski definition) is 1. The maximum absolute atomic E-state index is 13.3. The van der Waals surface area contributed by atoms with Crippen LogP contribution in [0.5, 0.6) is 5.75 Å². The molecule has 1 N–H and O–H groups in total. The number of nitrogens with zero attached hydrogens (tertiary/aromatic N) is 1. The zero-order valence-corrected chi connectivity index (χ0v) is 15.4. The van der Waals surface area contributed by atoms with E-state index >= 15 is 0 Å². The summed E-state index contributed by atoms with van der Waals surface area (Å²) >= 11 is 0. The van der Waals surface area contributed by atoms with Gasteiger partial charge in [0, 0.05) is 25.2 Å². The molecule has 5 heteroatoms. The summed E-state index contributed by atoms with van der Waals surface area (Å²) in [5.41, 5.74) is 1.90. The van der Waals surface area contributed by atoms with E-state index in [2.05, 4.69) is 16.3 Å². The molecular weight excluding hydrogens is 343 g/mol. The molecule has 2 fully saturated rings. The van der Waals surface area contributed by atoms with Crippen molar-refractivity contribution in [3.63, 3.8) is 0 Å². The highest BCUT2D eigenvalue weighted by molar-refractivity contribution is 5.83. The van der Waals surface area contributed by atoms with Gasteiger partial charge in [-0.3, -0.25) is 9.69 Å². The van der Waals surface area contributed by atoms with Gasteiger partial charge in [-0.1, -0.05) is 30.3 Å². The number of rotatable bonds is 5. The van der Waals surface area contributed by atoms with Gasteiger partial charge in [0.2, 0.25) is 5.91 Å². The highest BCUT2D eigenvalue weighted by Gasteiger charge is 2.31. The third kappa shape index (κ3) is 4.14. The summed E-state index contributed by atoms with van der Waals surface area (Å²) < 4.78 is 19.6. The Morgan fingerprint density at radius 2 is 1.81 bits per heavy atom. The van der Waals surface area contributed by atoms with Crippen molar-refractivity contribution in [2.24, 2.45) is 0 Å². The maximum Gasteiger partial charge on any atom is 0.242 e. The van der Waals surface area contributed by atoms with Gasteiger partial charge in [-0.05, 0) is 49.4 Å². The standard InChI is InChI=1S/C22H25FN2O2/c23-18-11-9-16(10-12-18)21-22(26)24-13-14-25(21)15-17-5-1-4-8-20(17)27-19-6-2-3-7-19/h1,4-5,8-12,19,21H,2-3,6-7,13-15H2,(H,24,26)/t21-/m0/s1. The van der Waals surface area contributed by atoms with Gasteiger partial charge in [0.25, 0.3) is 0 Å². The molecule has 1 saturated carbocycles. The summed E-state index contributed by atoms with van der Waals surface area (Å²) in [6.07, 6.45) is 4.97. The largest absolute Gasteiger partial charge is 0.490 e. The van der Waals surface area contributed by atoms with E-state index in [1.165, 1.54) is 25.0 Å². The van der Waals surface area contributed by atoms with Crippen LogP contribution in [0.3, 0.4) is 0 Å². The lowest BCUT2D eigenvalue weighted by molar-refractivity contribution is -0.129. The minimum atomic E-state index is -0.418. The van der Waals surface area contributed by atoms with Crippen molar-refractivity contribution in [2.45, 2.75) is 44.4 Å². The van der Waals surface area contributed by atoms with E-state index in [4.69, 9.17) is 4.74 Å². The monoisotopic (exact) mass is 368 g/mol. The predicted molar refractivity (Wildman–Crippen MR) is 102 cm³/mol. The Kier molecular flexibility index (Phi) is 5.39. The van der Waals surface area contributed by atoms with Crippen molar-refractivity contribution in [1.82, 2.24) is 10.2 Å². The van der Waals surface area contributed by atoms with Crippen LogP contribution in [-0.2, 0) is 11.3 Å².